The van der Waals surface area contributed by atoms with Gasteiger partial charge in [0.15, 0.2) is 24.5 Å². The highest BCUT2D eigenvalue weighted by Gasteiger charge is 2.48. The Morgan fingerprint density at radius 3 is 2.58 bits per heavy atom. The fourth-order valence-electron chi connectivity index (χ4n) is 2.46. The number of carboxylic acids is 1. The van der Waals surface area contributed by atoms with Crippen LogP contribution in [0.1, 0.15) is 23.0 Å². The van der Waals surface area contributed by atoms with Crippen molar-refractivity contribution in [1.82, 2.24) is 0 Å². The van der Waals surface area contributed by atoms with Gasteiger partial charge in [-0.05, 0) is 18.1 Å². The molecule has 1 aromatic heterocycles. The SMILES string of the molecule is CSCC[C@H]([NH3+])C(=O)O.NC(=O)c1ccc[n+]([C@@H]2O[C@H](COP(=O)([O-])[O-])[C@@H](O)[C@H]2O)c1. The van der Waals surface area contributed by atoms with Crippen LogP contribution in [-0.4, -0.2) is 70.2 Å². The second kappa shape index (κ2) is 12.4. The van der Waals surface area contributed by atoms with Crippen LogP contribution in [0.4, 0.5) is 0 Å². The first-order valence-electron chi connectivity index (χ1n) is 8.91. The van der Waals surface area contributed by atoms with Crippen molar-refractivity contribution in [3.8, 4) is 0 Å². The second-order valence-electron chi connectivity index (χ2n) is 6.51. The number of phosphoric acid groups is 1. The number of carboxylic acid groups (broad SMARTS) is 1. The summed E-state index contributed by atoms with van der Waals surface area (Å²) in [6, 6.07) is 2.50. The van der Waals surface area contributed by atoms with E-state index in [9.17, 15) is 34.2 Å². The third-order valence-electron chi connectivity index (χ3n) is 4.15. The number of rotatable bonds is 9. The molecule has 0 aromatic carbocycles. The molecule has 5 atom stereocenters. The van der Waals surface area contributed by atoms with E-state index in [1.165, 1.54) is 29.1 Å². The quantitative estimate of drug-likeness (QED) is 0.167. The van der Waals surface area contributed by atoms with Gasteiger partial charge in [0, 0.05) is 12.5 Å². The topological polar surface area (TPSA) is 234 Å². The summed E-state index contributed by atoms with van der Waals surface area (Å²) >= 11 is 1.64. The van der Waals surface area contributed by atoms with Crippen LogP contribution in [0.2, 0.25) is 0 Å². The van der Waals surface area contributed by atoms with Crippen molar-refractivity contribution in [2.75, 3.05) is 18.6 Å². The zero-order valence-corrected chi connectivity index (χ0v) is 18.3. The highest BCUT2D eigenvalue weighted by atomic mass is 32.2. The van der Waals surface area contributed by atoms with Crippen molar-refractivity contribution in [2.45, 2.75) is 37.0 Å². The number of aliphatic hydroxyl groups is 2. The highest BCUT2D eigenvalue weighted by Crippen LogP contribution is 2.30. The van der Waals surface area contributed by atoms with Crippen molar-refractivity contribution in [3.05, 3.63) is 30.1 Å². The number of quaternary nitrogens is 1. The number of nitrogens with zero attached hydrogens (tertiary/aromatic N) is 1. The predicted octanol–water partition coefficient (Wildman–Crippen LogP) is -4.03. The van der Waals surface area contributed by atoms with E-state index in [1.807, 2.05) is 6.26 Å². The Bertz CT molecular complexity index is 795. The van der Waals surface area contributed by atoms with Crippen molar-refractivity contribution in [1.29, 1.82) is 0 Å². The van der Waals surface area contributed by atoms with Gasteiger partial charge in [-0.15, -0.1) is 0 Å². The lowest BCUT2D eigenvalue weighted by molar-refractivity contribution is -0.765. The Morgan fingerprint density at radius 2 is 2.06 bits per heavy atom. The molecule has 0 aliphatic carbocycles. The summed E-state index contributed by atoms with van der Waals surface area (Å²) in [7, 11) is -5.22. The number of ether oxygens (including phenoxy) is 1. The van der Waals surface area contributed by atoms with Crippen molar-refractivity contribution in [2.24, 2.45) is 5.73 Å². The lowest BCUT2D eigenvalue weighted by Crippen LogP contribution is -2.65. The van der Waals surface area contributed by atoms with E-state index in [1.54, 1.807) is 11.8 Å². The first-order chi connectivity index (χ1) is 14.4. The fraction of sp³-hybridized carbons (Fsp3) is 0.562. The molecule has 13 nitrogen and oxygen atoms in total. The van der Waals surface area contributed by atoms with Crippen LogP contribution in [0.15, 0.2) is 24.5 Å². The maximum atomic E-state index is 11.1. The van der Waals surface area contributed by atoms with Gasteiger partial charge in [-0.2, -0.15) is 16.3 Å². The average molecular weight is 483 g/mol. The standard InChI is InChI=1S/C11H15N2O8P.C5H11NO2S/c12-10(16)6-2-1-3-13(4-6)11-9(15)8(14)7(21-11)5-20-22(17,18)19;1-9-3-2-4(6)5(7)8/h1-4,7-9,11,14-15H,5H2,(H3-,12,16,17,18,19);4H,2-3,6H2,1H3,(H,7,8)/t7-,8-,9-,11-;4-/m10/s1. The van der Waals surface area contributed by atoms with Crippen LogP contribution in [0.3, 0.4) is 0 Å². The second-order valence-corrected chi connectivity index (χ2v) is 8.65. The molecule has 1 aromatic rings. The number of aromatic nitrogens is 1. The number of carbonyl (C=O) groups excluding carboxylic acids is 1. The molecule has 8 N–H and O–H groups in total. The smallest absolute Gasteiger partial charge is 0.362 e. The number of hydrogen-bond donors (Lipinski definition) is 5. The zero-order chi connectivity index (χ0) is 23.8. The third-order valence-corrected chi connectivity index (χ3v) is 5.26. The molecule has 1 aliphatic rings. The van der Waals surface area contributed by atoms with Gasteiger partial charge in [0.1, 0.15) is 17.8 Å². The number of nitrogens with two attached hydrogens (primary N) is 1. The Hall–Kier alpha value is -1.61. The number of primary amides is 1. The fourth-order valence-corrected chi connectivity index (χ4v) is 3.31. The maximum Gasteiger partial charge on any atom is 0.362 e. The summed E-state index contributed by atoms with van der Waals surface area (Å²) in [5.74, 6) is -0.620. The summed E-state index contributed by atoms with van der Waals surface area (Å²) in [5.41, 5.74) is 8.75. The summed E-state index contributed by atoms with van der Waals surface area (Å²) in [6.45, 7) is -0.727. The van der Waals surface area contributed by atoms with Crippen LogP contribution in [0, 0.1) is 0 Å². The van der Waals surface area contributed by atoms with Crippen LogP contribution >= 0.6 is 19.6 Å². The van der Waals surface area contributed by atoms with Gasteiger partial charge in [-0.3, -0.25) is 4.79 Å². The van der Waals surface area contributed by atoms with E-state index in [2.05, 4.69) is 10.3 Å². The van der Waals surface area contributed by atoms with E-state index in [0.29, 0.717) is 6.42 Å². The first kappa shape index (κ1) is 27.4. The average Bonchev–Trinajstić information content (AvgIpc) is 2.98. The summed E-state index contributed by atoms with van der Waals surface area (Å²) in [6.07, 6.45) is 0.174. The number of pyridine rings is 1. The molecule has 2 heterocycles. The van der Waals surface area contributed by atoms with Gasteiger partial charge in [0.05, 0.1) is 14.4 Å². The van der Waals surface area contributed by atoms with E-state index in [0.717, 1.165) is 5.75 Å². The van der Waals surface area contributed by atoms with Gasteiger partial charge in [0.2, 0.25) is 0 Å². The normalized spacial score (nSPS) is 24.2. The Morgan fingerprint density at radius 1 is 1.42 bits per heavy atom. The molecule has 31 heavy (non-hydrogen) atoms. The van der Waals surface area contributed by atoms with E-state index in [4.69, 9.17) is 15.6 Å². The third kappa shape index (κ3) is 9.19. The number of aliphatic hydroxyl groups excluding tert-OH is 2. The van der Waals surface area contributed by atoms with Crippen molar-refractivity contribution >= 4 is 31.5 Å². The van der Waals surface area contributed by atoms with E-state index in [-0.39, 0.29) is 5.56 Å². The monoisotopic (exact) mass is 483 g/mol. The number of amides is 1. The Kier molecular flexibility index (Phi) is 11.0. The molecule has 0 radical (unpaired) electrons. The summed E-state index contributed by atoms with van der Waals surface area (Å²) in [5, 5.41) is 28.1. The number of hydrogen-bond acceptors (Lipinski definition) is 10. The molecule has 176 valence electrons. The molecule has 0 saturated carbocycles. The number of thioether (sulfide) groups is 1. The van der Waals surface area contributed by atoms with Gasteiger partial charge >= 0.3 is 5.97 Å². The lowest BCUT2D eigenvalue weighted by atomic mass is 10.1. The zero-order valence-electron chi connectivity index (χ0n) is 16.6. The van der Waals surface area contributed by atoms with Crippen LogP contribution < -0.4 is 25.8 Å². The molecule has 2 rings (SSSR count). The Labute approximate surface area is 182 Å². The van der Waals surface area contributed by atoms with Crippen molar-refractivity contribution in [3.63, 3.8) is 0 Å². The predicted molar refractivity (Wildman–Crippen MR) is 102 cm³/mol. The minimum atomic E-state index is -5.22. The molecule has 0 spiro atoms. The number of aliphatic carboxylic acids is 1. The summed E-state index contributed by atoms with van der Waals surface area (Å²) in [4.78, 5) is 42.1. The number of carbonyl (C=O) groups is 2. The van der Waals surface area contributed by atoms with Gasteiger partial charge in [0.25, 0.3) is 12.1 Å². The van der Waals surface area contributed by atoms with Crippen LogP contribution in [-0.2, 0) is 18.6 Å². The number of phosphoric ester groups is 1. The minimum Gasteiger partial charge on any atom is -0.790 e. The molecule has 1 amide bonds. The van der Waals surface area contributed by atoms with Gasteiger partial charge in [-0.25, -0.2) is 4.79 Å². The van der Waals surface area contributed by atoms with E-state index >= 15 is 0 Å². The first-order valence-corrected chi connectivity index (χ1v) is 11.8. The molecular formula is C16H26N3O10PS. The maximum absolute atomic E-state index is 11.1. The summed E-state index contributed by atoms with van der Waals surface area (Å²) < 4.78 is 21.1. The van der Waals surface area contributed by atoms with Gasteiger partial charge in [-0.1, -0.05) is 0 Å². The highest BCUT2D eigenvalue weighted by molar-refractivity contribution is 7.98. The van der Waals surface area contributed by atoms with E-state index < -0.39 is 56.9 Å². The molecule has 0 unspecified atom stereocenters. The van der Waals surface area contributed by atoms with Crippen LogP contribution in [0.25, 0.3) is 0 Å². The van der Waals surface area contributed by atoms with Crippen molar-refractivity contribution < 1.29 is 58.8 Å². The molecular weight excluding hydrogens is 457 g/mol. The minimum absolute atomic E-state index is 0.149. The molecule has 1 saturated heterocycles. The largest absolute Gasteiger partial charge is 0.790 e. The van der Waals surface area contributed by atoms with Gasteiger partial charge < -0.3 is 50.4 Å². The van der Waals surface area contributed by atoms with Crippen LogP contribution in [0.5, 0.6) is 0 Å². The molecule has 15 heteroatoms. The molecule has 1 aliphatic heterocycles. The Balaban J connectivity index is 0.000000452. The lowest BCUT2D eigenvalue weighted by Gasteiger charge is -2.30. The molecule has 0 bridgehead atoms. The molecule has 1 fully saturated rings.